The Bertz CT molecular complexity index is 422. The average Bonchev–Trinajstić information content (AvgIpc) is 2.59. The van der Waals surface area contributed by atoms with E-state index in [1.54, 1.807) is 0 Å². The number of halogens is 1. The first-order chi connectivity index (χ1) is 8.30. The van der Waals surface area contributed by atoms with E-state index in [2.05, 4.69) is 0 Å². The van der Waals surface area contributed by atoms with Crippen molar-refractivity contribution in [3.63, 3.8) is 0 Å². The third kappa shape index (κ3) is 4.59. The van der Waals surface area contributed by atoms with Crippen molar-refractivity contribution in [3.05, 3.63) is 0 Å². The number of carboxylic acids is 1. The molecule has 6 nitrogen and oxygen atoms in total. The Morgan fingerprint density at radius 2 is 2.06 bits per heavy atom. The lowest BCUT2D eigenvalue weighted by atomic mass is 10.2. The maximum Gasteiger partial charge on any atom is 0.307 e. The monoisotopic (exact) mass is 281 g/mol. The van der Waals surface area contributed by atoms with Crippen LogP contribution in [0.4, 0.5) is 3.89 Å². The summed E-state index contributed by atoms with van der Waals surface area (Å²) in [5.41, 5.74) is 0. The topological polar surface area (TPSA) is 91.8 Å². The zero-order valence-electron chi connectivity index (χ0n) is 9.84. The quantitative estimate of drug-likeness (QED) is 0.543. The molecule has 1 aliphatic heterocycles. The normalized spacial score (nSPS) is 20.4. The second-order valence-electron chi connectivity index (χ2n) is 4.35. The SMILES string of the molecule is O=C(O)CCCCCN1CC(S(=O)(=O)F)CC1=O. The summed E-state index contributed by atoms with van der Waals surface area (Å²) in [5.74, 6) is -1.23. The van der Waals surface area contributed by atoms with Crippen molar-refractivity contribution in [2.24, 2.45) is 0 Å². The van der Waals surface area contributed by atoms with Crippen molar-refractivity contribution in [1.29, 1.82) is 0 Å². The Balaban J connectivity index is 2.28. The summed E-state index contributed by atoms with van der Waals surface area (Å²) in [6.07, 6.45) is 1.53. The van der Waals surface area contributed by atoms with Gasteiger partial charge in [-0.1, -0.05) is 6.42 Å². The van der Waals surface area contributed by atoms with Crippen LogP contribution in [0, 0.1) is 0 Å². The molecule has 1 saturated heterocycles. The summed E-state index contributed by atoms with van der Waals surface area (Å²) in [4.78, 5) is 23.0. The van der Waals surface area contributed by atoms with Crippen molar-refractivity contribution in [2.45, 2.75) is 37.4 Å². The van der Waals surface area contributed by atoms with Crippen LogP contribution in [-0.2, 0) is 19.8 Å². The van der Waals surface area contributed by atoms with E-state index in [4.69, 9.17) is 5.11 Å². The molecule has 1 N–H and O–H groups in total. The van der Waals surface area contributed by atoms with E-state index in [0.29, 0.717) is 25.8 Å². The van der Waals surface area contributed by atoms with Gasteiger partial charge in [0.1, 0.15) is 5.25 Å². The van der Waals surface area contributed by atoms with Crippen molar-refractivity contribution >= 4 is 22.1 Å². The summed E-state index contributed by atoms with van der Waals surface area (Å²) < 4.78 is 34.0. The Morgan fingerprint density at radius 1 is 1.39 bits per heavy atom. The molecule has 0 aromatic carbocycles. The highest BCUT2D eigenvalue weighted by molar-refractivity contribution is 7.87. The number of unbranched alkanes of at least 4 members (excludes halogenated alkanes) is 2. The third-order valence-electron chi connectivity index (χ3n) is 2.90. The lowest BCUT2D eigenvalue weighted by Gasteiger charge is -2.15. The van der Waals surface area contributed by atoms with E-state index in [1.165, 1.54) is 4.90 Å². The van der Waals surface area contributed by atoms with Gasteiger partial charge in [0.05, 0.1) is 0 Å². The predicted octanol–water partition coefficient (Wildman–Crippen LogP) is 0.532. The van der Waals surface area contributed by atoms with Crippen LogP contribution in [0.1, 0.15) is 32.1 Å². The van der Waals surface area contributed by atoms with Crippen molar-refractivity contribution in [1.82, 2.24) is 4.90 Å². The van der Waals surface area contributed by atoms with Crippen LogP contribution in [0.2, 0.25) is 0 Å². The minimum Gasteiger partial charge on any atom is -0.481 e. The van der Waals surface area contributed by atoms with Crippen LogP contribution in [0.15, 0.2) is 0 Å². The highest BCUT2D eigenvalue weighted by Gasteiger charge is 2.37. The van der Waals surface area contributed by atoms with Crippen LogP contribution < -0.4 is 0 Å². The van der Waals surface area contributed by atoms with Gasteiger partial charge in [-0.25, -0.2) is 0 Å². The Morgan fingerprint density at radius 3 is 2.56 bits per heavy atom. The number of amides is 1. The Labute approximate surface area is 105 Å². The molecule has 0 saturated carbocycles. The molecule has 0 radical (unpaired) electrons. The Hall–Kier alpha value is -1.18. The molecule has 1 rings (SSSR count). The number of aliphatic carboxylic acids is 1. The second-order valence-corrected chi connectivity index (χ2v) is 5.96. The molecule has 104 valence electrons. The number of hydrogen-bond donors (Lipinski definition) is 1. The number of hydrogen-bond acceptors (Lipinski definition) is 4. The summed E-state index contributed by atoms with van der Waals surface area (Å²) in [5, 5.41) is 7.17. The van der Waals surface area contributed by atoms with E-state index in [-0.39, 0.29) is 25.3 Å². The highest BCUT2D eigenvalue weighted by atomic mass is 32.3. The van der Waals surface area contributed by atoms with E-state index in [0.717, 1.165) is 0 Å². The molecule has 0 aromatic rings. The van der Waals surface area contributed by atoms with Gasteiger partial charge in [-0.15, -0.1) is 3.89 Å². The molecule has 18 heavy (non-hydrogen) atoms. The minimum absolute atomic E-state index is 0.0788. The van der Waals surface area contributed by atoms with Crippen LogP contribution in [-0.4, -0.2) is 48.6 Å². The molecular formula is C10H16FNO5S. The molecule has 0 aliphatic carbocycles. The van der Waals surface area contributed by atoms with Gasteiger partial charge in [0, 0.05) is 25.9 Å². The van der Waals surface area contributed by atoms with Gasteiger partial charge in [-0.2, -0.15) is 8.42 Å². The number of nitrogens with zero attached hydrogens (tertiary/aromatic N) is 1. The smallest absolute Gasteiger partial charge is 0.307 e. The standard InChI is InChI=1S/C10H16FNO5S/c11-18(16,17)8-6-9(13)12(7-8)5-3-1-2-4-10(14)15/h8H,1-7H2,(H,14,15). The molecule has 1 atom stereocenters. The van der Waals surface area contributed by atoms with Crippen LogP contribution in [0.25, 0.3) is 0 Å². The van der Waals surface area contributed by atoms with Crippen molar-refractivity contribution in [3.8, 4) is 0 Å². The molecule has 1 heterocycles. The number of carbonyl (C=O) groups excluding carboxylic acids is 1. The molecule has 1 fully saturated rings. The molecule has 1 amide bonds. The zero-order valence-corrected chi connectivity index (χ0v) is 10.7. The fraction of sp³-hybridized carbons (Fsp3) is 0.800. The van der Waals surface area contributed by atoms with E-state index >= 15 is 0 Å². The van der Waals surface area contributed by atoms with Gasteiger partial charge < -0.3 is 10.0 Å². The molecule has 1 unspecified atom stereocenters. The van der Waals surface area contributed by atoms with Gasteiger partial charge >= 0.3 is 16.2 Å². The first-order valence-electron chi connectivity index (χ1n) is 5.73. The predicted molar refractivity (Wildman–Crippen MR) is 61.1 cm³/mol. The molecular weight excluding hydrogens is 265 g/mol. The largest absolute Gasteiger partial charge is 0.481 e. The summed E-state index contributed by atoms with van der Waals surface area (Å²) >= 11 is 0. The first kappa shape index (κ1) is 14.9. The van der Waals surface area contributed by atoms with Gasteiger partial charge in [0.15, 0.2) is 0 Å². The van der Waals surface area contributed by atoms with Gasteiger partial charge in [-0.05, 0) is 12.8 Å². The molecule has 8 heteroatoms. The summed E-state index contributed by atoms with van der Waals surface area (Å²) in [6.45, 7) is 0.251. The summed E-state index contributed by atoms with van der Waals surface area (Å²) in [6, 6.07) is 0. The van der Waals surface area contributed by atoms with Crippen LogP contribution >= 0.6 is 0 Å². The van der Waals surface area contributed by atoms with Gasteiger partial charge in [0.25, 0.3) is 0 Å². The lowest BCUT2D eigenvalue weighted by molar-refractivity contribution is -0.137. The molecule has 0 aromatic heterocycles. The van der Waals surface area contributed by atoms with Gasteiger partial charge in [-0.3, -0.25) is 9.59 Å². The van der Waals surface area contributed by atoms with Crippen molar-refractivity contribution in [2.75, 3.05) is 13.1 Å². The maximum absolute atomic E-state index is 12.7. The maximum atomic E-state index is 12.7. The number of rotatable bonds is 7. The average molecular weight is 281 g/mol. The van der Waals surface area contributed by atoms with Crippen molar-refractivity contribution < 1.29 is 27.0 Å². The number of carboxylic acid groups (broad SMARTS) is 1. The van der Waals surface area contributed by atoms with E-state index < -0.39 is 21.4 Å². The van der Waals surface area contributed by atoms with Crippen LogP contribution in [0.5, 0.6) is 0 Å². The number of carbonyl (C=O) groups is 2. The molecule has 1 aliphatic rings. The van der Waals surface area contributed by atoms with Gasteiger partial charge in [0.2, 0.25) is 5.91 Å². The third-order valence-corrected chi connectivity index (χ3v) is 4.01. The highest BCUT2D eigenvalue weighted by Crippen LogP contribution is 2.20. The summed E-state index contributed by atoms with van der Waals surface area (Å²) in [7, 11) is -4.66. The zero-order chi connectivity index (χ0) is 13.8. The number of likely N-dealkylation sites (tertiary alicyclic amines) is 1. The fourth-order valence-corrected chi connectivity index (χ4v) is 2.60. The minimum atomic E-state index is -4.66. The fourth-order valence-electron chi connectivity index (χ4n) is 1.90. The van der Waals surface area contributed by atoms with E-state index in [9.17, 15) is 21.9 Å². The van der Waals surface area contributed by atoms with Crippen LogP contribution in [0.3, 0.4) is 0 Å². The molecule has 0 bridgehead atoms. The second kappa shape index (κ2) is 6.12. The lowest BCUT2D eigenvalue weighted by Crippen LogP contribution is -2.28. The van der Waals surface area contributed by atoms with E-state index in [1.807, 2.05) is 0 Å². The first-order valence-corrected chi connectivity index (χ1v) is 7.18. The molecule has 0 spiro atoms. The Kier molecular flexibility index (Phi) is 5.06.